The number of aromatic nitrogens is 2. The van der Waals surface area contributed by atoms with Gasteiger partial charge < -0.3 is 14.8 Å². The van der Waals surface area contributed by atoms with E-state index in [-0.39, 0.29) is 6.61 Å². The summed E-state index contributed by atoms with van der Waals surface area (Å²) in [4.78, 5) is 11.0. The minimum Gasteiger partial charge on any atom is -0.482 e. The number of esters is 1. The average Bonchev–Trinajstić information content (AvgIpc) is 2.99. The Morgan fingerprint density at radius 2 is 2.05 bits per heavy atom. The monoisotopic (exact) mass is 289 g/mol. The number of hydrogen-bond donors (Lipinski definition) is 1. The predicted molar refractivity (Wildman–Crippen MR) is 79.2 cm³/mol. The van der Waals surface area contributed by atoms with Crippen LogP contribution in [0, 0.1) is 0 Å². The van der Waals surface area contributed by atoms with E-state index in [0.29, 0.717) is 12.3 Å². The van der Waals surface area contributed by atoms with E-state index in [0.717, 1.165) is 17.9 Å². The Bertz CT molecular complexity index is 578. The van der Waals surface area contributed by atoms with E-state index in [1.165, 1.54) is 7.11 Å². The molecule has 0 aliphatic carbocycles. The zero-order valence-corrected chi connectivity index (χ0v) is 12.2. The highest BCUT2D eigenvalue weighted by molar-refractivity contribution is 5.70. The highest BCUT2D eigenvalue weighted by Crippen LogP contribution is 2.16. The van der Waals surface area contributed by atoms with Crippen molar-refractivity contribution in [2.45, 2.75) is 20.0 Å². The van der Waals surface area contributed by atoms with Crippen molar-refractivity contribution in [3.63, 3.8) is 0 Å². The first-order valence-corrected chi connectivity index (χ1v) is 6.77. The summed E-state index contributed by atoms with van der Waals surface area (Å²) in [6.07, 6.45) is 1.80. The molecule has 2 aromatic rings. The number of rotatable bonds is 7. The van der Waals surface area contributed by atoms with Crippen molar-refractivity contribution < 1.29 is 14.3 Å². The van der Waals surface area contributed by atoms with Crippen molar-refractivity contribution in [3.05, 3.63) is 42.2 Å². The second kappa shape index (κ2) is 7.33. The van der Waals surface area contributed by atoms with Crippen molar-refractivity contribution in [1.82, 2.24) is 9.78 Å². The summed E-state index contributed by atoms with van der Waals surface area (Å²) in [6.45, 7) is 3.53. The maximum Gasteiger partial charge on any atom is 0.343 e. The summed E-state index contributed by atoms with van der Waals surface area (Å²) < 4.78 is 11.7. The van der Waals surface area contributed by atoms with E-state index in [4.69, 9.17) is 4.74 Å². The van der Waals surface area contributed by atoms with Crippen LogP contribution in [0.3, 0.4) is 0 Å². The molecule has 0 atom stereocenters. The minimum absolute atomic E-state index is 0.0844. The lowest BCUT2D eigenvalue weighted by molar-refractivity contribution is -0.142. The van der Waals surface area contributed by atoms with Gasteiger partial charge in [0.25, 0.3) is 0 Å². The van der Waals surface area contributed by atoms with Crippen LogP contribution in [0.25, 0.3) is 0 Å². The van der Waals surface area contributed by atoms with E-state index < -0.39 is 5.97 Å². The molecule has 21 heavy (non-hydrogen) atoms. The third-order valence-corrected chi connectivity index (χ3v) is 3.02. The Balaban J connectivity index is 1.86. The third-order valence-electron chi connectivity index (χ3n) is 3.02. The fraction of sp³-hybridized carbons (Fsp3) is 0.333. The lowest BCUT2D eigenvalue weighted by Gasteiger charge is -2.09. The molecule has 0 amide bonds. The molecule has 0 unspecified atom stereocenters. The van der Waals surface area contributed by atoms with Crippen LogP contribution in [0.4, 0.5) is 5.69 Å². The number of ether oxygens (including phenoxy) is 2. The van der Waals surface area contributed by atoms with Gasteiger partial charge in [0.05, 0.1) is 19.3 Å². The Kier molecular flexibility index (Phi) is 5.20. The summed E-state index contributed by atoms with van der Waals surface area (Å²) in [5.41, 5.74) is 2.10. The Morgan fingerprint density at radius 3 is 2.71 bits per heavy atom. The quantitative estimate of drug-likeness (QED) is 0.790. The van der Waals surface area contributed by atoms with Crippen molar-refractivity contribution in [1.29, 1.82) is 0 Å². The van der Waals surface area contributed by atoms with Gasteiger partial charge in [0.15, 0.2) is 6.61 Å². The van der Waals surface area contributed by atoms with Gasteiger partial charge >= 0.3 is 5.97 Å². The van der Waals surface area contributed by atoms with E-state index in [1.54, 1.807) is 6.20 Å². The molecule has 1 N–H and O–H groups in total. The minimum atomic E-state index is -0.398. The van der Waals surface area contributed by atoms with Crippen LogP contribution in [0.15, 0.2) is 36.5 Å². The maximum absolute atomic E-state index is 11.0. The summed E-state index contributed by atoms with van der Waals surface area (Å²) in [6, 6.07) is 9.41. The van der Waals surface area contributed by atoms with Crippen molar-refractivity contribution in [2.75, 3.05) is 19.0 Å². The lowest BCUT2D eigenvalue weighted by Crippen LogP contribution is -2.12. The number of methoxy groups -OCH3 is 1. The predicted octanol–water partition coefficient (Wildman–Crippen LogP) is 2.07. The van der Waals surface area contributed by atoms with Gasteiger partial charge in [0.2, 0.25) is 0 Å². The number of nitrogens with zero attached hydrogens (tertiary/aromatic N) is 2. The second-order valence-electron chi connectivity index (χ2n) is 4.38. The molecule has 2 rings (SSSR count). The van der Waals surface area contributed by atoms with Crippen LogP contribution in [0.5, 0.6) is 5.75 Å². The molecule has 0 saturated heterocycles. The summed E-state index contributed by atoms with van der Waals surface area (Å²) in [5, 5.41) is 7.54. The number of nitrogens with one attached hydrogen (secondary N) is 1. The van der Waals surface area contributed by atoms with Crippen LogP contribution < -0.4 is 10.1 Å². The zero-order chi connectivity index (χ0) is 15.1. The molecule has 6 heteroatoms. The standard InChI is InChI=1S/C15H19N3O3/c1-3-18-13(8-9-17-18)10-16-12-4-6-14(7-5-12)21-11-15(19)20-2/h4-9,16H,3,10-11H2,1-2H3. The van der Waals surface area contributed by atoms with Crippen molar-refractivity contribution in [2.24, 2.45) is 0 Å². The molecule has 1 heterocycles. The van der Waals surface area contributed by atoms with Crippen molar-refractivity contribution >= 4 is 11.7 Å². The molecule has 1 aromatic heterocycles. The molecule has 1 aromatic carbocycles. The fourth-order valence-electron chi connectivity index (χ4n) is 1.86. The first kappa shape index (κ1) is 14.9. The van der Waals surface area contributed by atoms with Crippen LogP contribution in [-0.2, 0) is 22.6 Å². The molecule has 112 valence electrons. The molecule has 0 fully saturated rings. The first-order valence-electron chi connectivity index (χ1n) is 6.77. The summed E-state index contributed by atoms with van der Waals surface area (Å²) >= 11 is 0. The van der Waals surface area contributed by atoms with Gasteiger partial charge in [-0.05, 0) is 37.3 Å². The molecular weight excluding hydrogens is 270 g/mol. The van der Waals surface area contributed by atoms with Crippen LogP contribution in [0.1, 0.15) is 12.6 Å². The van der Waals surface area contributed by atoms with Gasteiger partial charge in [-0.15, -0.1) is 0 Å². The molecular formula is C15H19N3O3. The van der Waals surface area contributed by atoms with Crippen molar-refractivity contribution in [3.8, 4) is 5.75 Å². The Morgan fingerprint density at radius 1 is 1.29 bits per heavy atom. The van der Waals surface area contributed by atoms with E-state index in [1.807, 2.05) is 35.0 Å². The molecule has 0 aliphatic heterocycles. The average molecular weight is 289 g/mol. The van der Waals surface area contributed by atoms with Gasteiger partial charge in [-0.1, -0.05) is 0 Å². The number of anilines is 1. The summed E-state index contributed by atoms with van der Waals surface area (Å²) in [5.74, 6) is 0.231. The number of carbonyl (C=O) groups is 1. The first-order chi connectivity index (χ1) is 10.2. The molecule has 0 spiro atoms. The highest BCUT2D eigenvalue weighted by Gasteiger charge is 2.03. The number of hydrogen-bond acceptors (Lipinski definition) is 5. The smallest absolute Gasteiger partial charge is 0.343 e. The van der Waals surface area contributed by atoms with E-state index in [2.05, 4.69) is 22.1 Å². The van der Waals surface area contributed by atoms with Gasteiger partial charge in [-0.2, -0.15) is 5.10 Å². The maximum atomic E-state index is 11.0. The van der Waals surface area contributed by atoms with Gasteiger partial charge in [-0.3, -0.25) is 4.68 Å². The van der Waals surface area contributed by atoms with Crippen LogP contribution in [-0.4, -0.2) is 29.5 Å². The van der Waals surface area contributed by atoms with E-state index in [9.17, 15) is 4.79 Å². The number of benzene rings is 1. The normalized spacial score (nSPS) is 10.2. The number of carbonyl (C=O) groups excluding carboxylic acids is 1. The van der Waals surface area contributed by atoms with Gasteiger partial charge in [-0.25, -0.2) is 4.79 Å². The SMILES string of the molecule is CCn1nccc1CNc1ccc(OCC(=O)OC)cc1. The highest BCUT2D eigenvalue weighted by atomic mass is 16.6. The Labute approximate surface area is 123 Å². The topological polar surface area (TPSA) is 65.4 Å². The lowest BCUT2D eigenvalue weighted by atomic mass is 10.3. The largest absolute Gasteiger partial charge is 0.482 e. The molecule has 0 bridgehead atoms. The zero-order valence-electron chi connectivity index (χ0n) is 12.2. The second-order valence-corrected chi connectivity index (χ2v) is 4.38. The third kappa shape index (κ3) is 4.24. The molecule has 0 aliphatic rings. The molecule has 0 saturated carbocycles. The molecule has 6 nitrogen and oxygen atoms in total. The van der Waals surface area contributed by atoms with Gasteiger partial charge in [0.1, 0.15) is 5.75 Å². The van der Waals surface area contributed by atoms with Crippen LogP contribution >= 0.6 is 0 Å². The summed E-state index contributed by atoms with van der Waals surface area (Å²) in [7, 11) is 1.33. The van der Waals surface area contributed by atoms with Crippen LogP contribution in [0.2, 0.25) is 0 Å². The Hall–Kier alpha value is -2.50. The fourth-order valence-corrected chi connectivity index (χ4v) is 1.86. The number of aryl methyl sites for hydroxylation is 1. The van der Waals surface area contributed by atoms with E-state index >= 15 is 0 Å². The molecule has 0 radical (unpaired) electrons. The van der Waals surface area contributed by atoms with Gasteiger partial charge in [0, 0.05) is 18.4 Å².